The Morgan fingerprint density at radius 3 is 2.57 bits per heavy atom. The summed E-state index contributed by atoms with van der Waals surface area (Å²) >= 11 is 5.79. The van der Waals surface area contributed by atoms with Gasteiger partial charge in [-0.1, -0.05) is 11.6 Å². The highest BCUT2D eigenvalue weighted by atomic mass is 35.5. The third-order valence-electron chi connectivity index (χ3n) is 3.64. The number of hydrogen-bond donors (Lipinski definition) is 1. The van der Waals surface area contributed by atoms with Gasteiger partial charge in [-0.25, -0.2) is 4.79 Å². The van der Waals surface area contributed by atoms with Gasteiger partial charge in [-0.2, -0.15) is 0 Å². The molecule has 0 radical (unpaired) electrons. The third kappa shape index (κ3) is 5.94. The number of benzene rings is 1. The van der Waals surface area contributed by atoms with Crippen LogP contribution in [0.5, 0.6) is 5.75 Å². The highest BCUT2D eigenvalue weighted by Crippen LogP contribution is 2.15. The maximum Gasteiger partial charge on any atom is 0.344 e. The Labute approximate surface area is 131 Å². The van der Waals surface area contributed by atoms with Crippen molar-refractivity contribution in [2.45, 2.75) is 32.3 Å². The molecular formula is C16H23ClNO3+. The number of piperidine rings is 1. The molecule has 1 aromatic rings. The fraction of sp³-hybridized carbons (Fsp3) is 0.562. The minimum atomic E-state index is -0.325. The minimum absolute atomic E-state index is 0.0681. The molecule has 5 heteroatoms. The van der Waals surface area contributed by atoms with Crippen LogP contribution in [0, 0.1) is 0 Å². The van der Waals surface area contributed by atoms with E-state index in [9.17, 15) is 4.79 Å². The standard InChI is InChI=1S/C16H22ClNO3/c1-13(11-18-9-3-2-4-10-18)21-16(19)12-20-15-7-5-14(17)6-8-15/h5-8,13H,2-4,9-12H2,1H3/p+1/t13-/m0/s1. The monoisotopic (exact) mass is 312 g/mol. The van der Waals surface area contributed by atoms with Gasteiger partial charge in [0.05, 0.1) is 13.1 Å². The molecule has 0 unspecified atom stereocenters. The smallest absolute Gasteiger partial charge is 0.344 e. The number of rotatable bonds is 6. The first-order valence-electron chi connectivity index (χ1n) is 7.55. The molecule has 1 saturated heterocycles. The predicted molar refractivity (Wildman–Crippen MR) is 81.9 cm³/mol. The number of esters is 1. The molecule has 1 N–H and O–H groups in total. The van der Waals surface area contributed by atoms with Crippen molar-refractivity contribution in [1.29, 1.82) is 0 Å². The summed E-state index contributed by atoms with van der Waals surface area (Å²) in [6, 6.07) is 6.92. The molecule has 116 valence electrons. The molecular weight excluding hydrogens is 290 g/mol. The van der Waals surface area contributed by atoms with Crippen molar-refractivity contribution in [1.82, 2.24) is 0 Å². The van der Waals surface area contributed by atoms with Crippen LogP contribution in [0.25, 0.3) is 0 Å². The normalized spacial score (nSPS) is 17.2. The average Bonchev–Trinajstić information content (AvgIpc) is 2.47. The van der Waals surface area contributed by atoms with Crippen molar-refractivity contribution < 1.29 is 19.2 Å². The number of likely N-dealkylation sites (tertiary alicyclic amines) is 1. The van der Waals surface area contributed by atoms with Gasteiger partial charge in [0.15, 0.2) is 6.61 Å². The van der Waals surface area contributed by atoms with Gasteiger partial charge >= 0.3 is 5.97 Å². The summed E-state index contributed by atoms with van der Waals surface area (Å²) in [6.07, 6.45) is 3.80. The lowest BCUT2D eigenvalue weighted by Gasteiger charge is -2.26. The van der Waals surface area contributed by atoms with Crippen molar-refractivity contribution in [3.05, 3.63) is 29.3 Å². The van der Waals surface area contributed by atoms with E-state index in [0.29, 0.717) is 10.8 Å². The number of carbonyl (C=O) groups is 1. The highest BCUT2D eigenvalue weighted by Gasteiger charge is 2.19. The van der Waals surface area contributed by atoms with E-state index in [4.69, 9.17) is 21.1 Å². The Balaban J connectivity index is 1.67. The largest absolute Gasteiger partial charge is 0.482 e. The van der Waals surface area contributed by atoms with Gasteiger partial charge in [-0.15, -0.1) is 0 Å². The summed E-state index contributed by atoms with van der Waals surface area (Å²) in [7, 11) is 0. The maximum atomic E-state index is 11.8. The lowest BCUT2D eigenvalue weighted by molar-refractivity contribution is -0.907. The Bertz CT molecular complexity index is 443. The fourth-order valence-corrected chi connectivity index (χ4v) is 2.76. The number of carbonyl (C=O) groups excluding carboxylic acids is 1. The molecule has 1 atom stereocenters. The van der Waals surface area contributed by atoms with Gasteiger partial charge in [0.2, 0.25) is 0 Å². The fourth-order valence-electron chi connectivity index (χ4n) is 2.64. The first-order valence-corrected chi connectivity index (χ1v) is 7.92. The van der Waals surface area contributed by atoms with Gasteiger partial charge in [-0.3, -0.25) is 0 Å². The van der Waals surface area contributed by atoms with Crippen LogP contribution >= 0.6 is 11.6 Å². The maximum absolute atomic E-state index is 11.8. The molecule has 0 bridgehead atoms. The summed E-state index contributed by atoms with van der Waals surface area (Å²) in [5.74, 6) is 0.291. The molecule has 21 heavy (non-hydrogen) atoms. The molecule has 1 fully saturated rings. The zero-order valence-electron chi connectivity index (χ0n) is 12.4. The second kappa shape index (κ2) is 8.25. The van der Waals surface area contributed by atoms with Crippen LogP contribution < -0.4 is 9.64 Å². The molecule has 1 aliphatic heterocycles. The molecule has 0 saturated carbocycles. The SMILES string of the molecule is C[C@@H](C[NH+]1CCCCC1)OC(=O)COc1ccc(Cl)cc1. The van der Waals surface area contributed by atoms with Crippen molar-refractivity contribution >= 4 is 17.6 Å². The molecule has 0 aromatic heterocycles. The Morgan fingerprint density at radius 2 is 1.90 bits per heavy atom. The number of nitrogens with one attached hydrogen (secondary N) is 1. The number of ether oxygens (including phenoxy) is 2. The third-order valence-corrected chi connectivity index (χ3v) is 3.89. The van der Waals surface area contributed by atoms with Gasteiger partial charge in [0.1, 0.15) is 18.4 Å². The van der Waals surface area contributed by atoms with E-state index in [-0.39, 0.29) is 18.7 Å². The summed E-state index contributed by atoms with van der Waals surface area (Å²) < 4.78 is 10.8. The lowest BCUT2D eigenvalue weighted by atomic mass is 10.1. The minimum Gasteiger partial charge on any atom is -0.482 e. The van der Waals surface area contributed by atoms with Gasteiger partial charge in [0, 0.05) is 5.02 Å². The van der Waals surface area contributed by atoms with E-state index in [2.05, 4.69) is 0 Å². The predicted octanol–water partition coefficient (Wildman–Crippen LogP) is 1.72. The van der Waals surface area contributed by atoms with Crippen LogP contribution in [0.4, 0.5) is 0 Å². The summed E-state index contributed by atoms with van der Waals surface area (Å²) in [5, 5.41) is 0.642. The van der Waals surface area contributed by atoms with Gasteiger partial charge in [0.25, 0.3) is 0 Å². The van der Waals surface area contributed by atoms with E-state index < -0.39 is 0 Å². The van der Waals surface area contributed by atoms with Crippen molar-refractivity contribution in [3.8, 4) is 5.75 Å². The second-order valence-corrected chi connectivity index (χ2v) is 5.99. The molecule has 0 spiro atoms. The highest BCUT2D eigenvalue weighted by molar-refractivity contribution is 6.30. The topological polar surface area (TPSA) is 40.0 Å². The van der Waals surface area contributed by atoms with Crippen LogP contribution in [-0.4, -0.2) is 38.3 Å². The van der Waals surface area contributed by atoms with Crippen LogP contribution in [0.15, 0.2) is 24.3 Å². The first-order chi connectivity index (χ1) is 10.1. The Hall–Kier alpha value is -1.26. The lowest BCUT2D eigenvalue weighted by Crippen LogP contribution is -3.13. The first kappa shape index (κ1) is 16.1. The van der Waals surface area contributed by atoms with Crippen LogP contribution in [0.1, 0.15) is 26.2 Å². The summed E-state index contributed by atoms with van der Waals surface area (Å²) in [5.41, 5.74) is 0. The van der Waals surface area contributed by atoms with E-state index in [1.807, 2.05) is 6.92 Å². The van der Waals surface area contributed by atoms with E-state index >= 15 is 0 Å². The van der Waals surface area contributed by atoms with Crippen molar-refractivity contribution in [3.63, 3.8) is 0 Å². The molecule has 1 aliphatic rings. The average molecular weight is 313 g/mol. The van der Waals surface area contributed by atoms with E-state index in [0.717, 1.165) is 6.54 Å². The van der Waals surface area contributed by atoms with Crippen molar-refractivity contribution in [2.24, 2.45) is 0 Å². The summed E-state index contributed by atoms with van der Waals surface area (Å²) in [6.45, 7) is 5.13. The van der Waals surface area contributed by atoms with Crippen LogP contribution in [0.3, 0.4) is 0 Å². The molecule has 0 aliphatic carbocycles. The molecule has 4 nitrogen and oxygen atoms in total. The Kier molecular flexibility index (Phi) is 6.33. The summed E-state index contributed by atoms with van der Waals surface area (Å²) in [4.78, 5) is 13.3. The molecule has 1 aromatic carbocycles. The Morgan fingerprint density at radius 1 is 1.24 bits per heavy atom. The van der Waals surface area contributed by atoms with Crippen molar-refractivity contribution in [2.75, 3.05) is 26.2 Å². The van der Waals surface area contributed by atoms with Gasteiger partial charge in [-0.05, 0) is 50.5 Å². The zero-order valence-corrected chi connectivity index (χ0v) is 13.2. The van der Waals surface area contributed by atoms with E-state index in [1.54, 1.807) is 24.3 Å². The van der Waals surface area contributed by atoms with Crippen LogP contribution in [0.2, 0.25) is 5.02 Å². The quantitative estimate of drug-likeness (QED) is 0.813. The second-order valence-electron chi connectivity index (χ2n) is 5.56. The molecule has 0 amide bonds. The zero-order chi connectivity index (χ0) is 15.1. The van der Waals surface area contributed by atoms with Gasteiger partial charge < -0.3 is 14.4 Å². The number of quaternary nitrogens is 1. The van der Waals surface area contributed by atoms with E-state index in [1.165, 1.54) is 37.3 Å². The number of hydrogen-bond acceptors (Lipinski definition) is 3. The number of halogens is 1. The van der Waals surface area contributed by atoms with Crippen LogP contribution in [-0.2, 0) is 9.53 Å². The molecule has 2 rings (SSSR count). The molecule has 1 heterocycles.